The van der Waals surface area contributed by atoms with Crippen LogP contribution in [0.1, 0.15) is 43.0 Å². The van der Waals surface area contributed by atoms with E-state index in [4.69, 9.17) is 5.73 Å². The van der Waals surface area contributed by atoms with Crippen molar-refractivity contribution in [2.45, 2.75) is 32.2 Å². The molecule has 1 atom stereocenters. The molecule has 0 aliphatic rings. The highest BCUT2D eigenvalue weighted by atomic mass is 15.2. The second kappa shape index (κ2) is 5.09. The molecule has 3 aromatic rings. The van der Waals surface area contributed by atoms with Crippen LogP contribution < -0.4 is 5.73 Å². The lowest BCUT2D eigenvalue weighted by Gasteiger charge is -2.07. The summed E-state index contributed by atoms with van der Waals surface area (Å²) in [6, 6.07) is 8.06. The highest BCUT2D eigenvalue weighted by Gasteiger charge is 2.15. The minimum Gasteiger partial charge on any atom is -0.361 e. The van der Waals surface area contributed by atoms with Crippen LogP contribution in [0.3, 0.4) is 0 Å². The average Bonchev–Trinajstić information content (AvgIpc) is 3.06. The first-order chi connectivity index (χ1) is 9.65. The number of benzene rings is 1. The molecule has 1 aromatic carbocycles. The van der Waals surface area contributed by atoms with Crippen LogP contribution in [0, 0.1) is 0 Å². The van der Waals surface area contributed by atoms with E-state index in [1.807, 2.05) is 18.3 Å². The van der Waals surface area contributed by atoms with Gasteiger partial charge in [0.25, 0.3) is 0 Å². The second-order valence-electron chi connectivity index (χ2n) is 5.40. The van der Waals surface area contributed by atoms with E-state index >= 15 is 0 Å². The fraction of sp³-hybridized carbons (Fsp3) is 0.333. The monoisotopic (exact) mass is 269 g/mol. The number of rotatable bonds is 4. The van der Waals surface area contributed by atoms with Crippen LogP contribution in [-0.4, -0.2) is 20.2 Å². The smallest absolute Gasteiger partial charge is 0.153 e. The largest absolute Gasteiger partial charge is 0.361 e. The Morgan fingerprint density at radius 3 is 2.80 bits per heavy atom. The zero-order chi connectivity index (χ0) is 14.1. The van der Waals surface area contributed by atoms with Crippen molar-refractivity contribution in [3.05, 3.63) is 47.7 Å². The number of H-pyrrole nitrogens is 2. The van der Waals surface area contributed by atoms with Gasteiger partial charge in [-0.05, 0) is 18.1 Å². The summed E-state index contributed by atoms with van der Waals surface area (Å²) in [6.45, 7) is 4.14. The van der Waals surface area contributed by atoms with Crippen molar-refractivity contribution in [2.75, 3.05) is 0 Å². The number of fused-ring (bicyclic) bond motifs is 1. The van der Waals surface area contributed by atoms with E-state index in [2.05, 4.69) is 46.1 Å². The standard InChI is InChI=1S/C15H19N5/c1-9(2)14-18-15(20-19-14)12(16)7-10-8-17-13-6-4-3-5-11(10)13/h3-6,8-9,12,17H,7,16H2,1-2H3,(H,18,19,20)/t12-/m0/s1. The molecule has 5 heteroatoms. The summed E-state index contributed by atoms with van der Waals surface area (Å²) in [4.78, 5) is 7.74. The maximum atomic E-state index is 6.24. The summed E-state index contributed by atoms with van der Waals surface area (Å²) >= 11 is 0. The number of nitrogens with two attached hydrogens (primary N) is 1. The molecule has 0 bridgehead atoms. The van der Waals surface area contributed by atoms with Crippen LogP contribution in [0.4, 0.5) is 0 Å². The third-order valence-electron chi connectivity index (χ3n) is 3.50. The van der Waals surface area contributed by atoms with Gasteiger partial charge in [-0.25, -0.2) is 4.98 Å². The molecule has 0 spiro atoms. The lowest BCUT2D eigenvalue weighted by atomic mass is 10.1. The summed E-state index contributed by atoms with van der Waals surface area (Å²) < 4.78 is 0. The number of nitrogens with one attached hydrogen (secondary N) is 2. The van der Waals surface area contributed by atoms with Gasteiger partial charge < -0.3 is 10.7 Å². The number of aromatic nitrogens is 4. The summed E-state index contributed by atoms with van der Waals surface area (Å²) in [5.74, 6) is 1.87. The number of para-hydroxylation sites is 1. The van der Waals surface area contributed by atoms with Crippen molar-refractivity contribution in [1.29, 1.82) is 0 Å². The van der Waals surface area contributed by atoms with Crippen molar-refractivity contribution in [3.63, 3.8) is 0 Å². The fourth-order valence-electron chi connectivity index (χ4n) is 2.35. The summed E-state index contributed by atoms with van der Waals surface area (Å²) in [5.41, 5.74) is 8.58. The molecular weight excluding hydrogens is 250 g/mol. The fourth-order valence-corrected chi connectivity index (χ4v) is 2.35. The van der Waals surface area contributed by atoms with Gasteiger partial charge in [0.1, 0.15) is 5.82 Å². The number of nitrogens with zero attached hydrogens (tertiary/aromatic N) is 2. The Kier molecular flexibility index (Phi) is 3.28. The molecule has 0 aliphatic heterocycles. The Bertz CT molecular complexity index is 710. The van der Waals surface area contributed by atoms with Gasteiger partial charge in [-0.2, -0.15) is 5.10 Å². The van der Waals surface area contributed by atoms with Crippen molar-refractivity contribution >= 4 is 10.9 Å². The molecule has 3 rings (SSSR count). The minimum atomic E-state index is -0.172. The van der Waals surface area contributed by atoms with Crippen LogP contribution >= 0.6 is 0 Å². The topological polar surface area (TPSA) is 83.4 Å². The maximum absolute atomic E-state index is 6.24. The van der Waals surface area contributed by atoms with E-state index in [1.165, 1.54) is 10.9 Å². The van der Waals surface area contributed by atoms with Gasteiger partial charge in [0.2, 0.25) is 0 Å². The molecular formula is C15H19N5. The predicted molar refractivity (Wildman–Crippen MR) is 79.4 cm³/mol. The van der Waals surface area contributed by atoms with Crippen LogP contribution in [0.2, 0.25) is 0 Å². The first-order valence-electron chi connectivity index (χ1n) is 6.88. The van der Waals surface area contributed by atoms with Crippen molar-refractivity contribution in [2.24, 2.45) is 5.73 Å². The Labute approximate surface area is 117 Å². The van der Waals surface area contributed by atoms with Gasteiger partial charge in [0.05, 0.1) is 6.04 Å². The number of hydrogen-bond donors (Lipinski definition) is 3. The first kappa shape index (κ1) is 12.9. The van der Waals surface area contributed by atoms with Crippen molar-refractivity contribution < 1.29 is 0 Å². The Hall–Kier alpha value is -2.14. The molecule has 104 valence electrons. The molecule has 0 fully saturated rings. The molecule has 0 unspecified atom stereocenters. The van der Waals surface area contributed by atoms with Crippen LogP contribution in [-0.2, 0) is 6.42 Å². The van der Waals surface area contributed by atoms with E-state index in [0.29, 0.717) is 5.92 Å². The minimum absolute atomic E-state index is 0.172. The zero-order valence-corrected chi connectivity index (χ0v) is 11.7. The average molecular weight is 269 g/mol. The van der Waals surface area contributed by atoms with Crippen LogP contribution in [0.15, 0.2) is 30.5 Å². The highest BCUT2D eigenvalue weighted by Crippen LogP contribution is 2.22. The van der Waals surface area contributed by atoms with Crippen LogP contribution in [0.5, 0.6) is 0 Å². The first-order valence-corrected chi connectivity index (χ1v) is 6.88. The van der Waals surface area contributed by atoms with Crippen molar-refractivity contribution in [1.82, 2.24) is 20.2 Å². The van der Waals surface area contributed by atoms with Gasteiger partial charge in [-0.1, -0.05) is 32.0 Å². The molecule has 0 aliphatic carbocycles. The molecule has 2 aromatic heterocycles. The van der Waals surface area contributed by atoms with Gasteiger partial charge in [0.15, 0.2) is 5.82 Å². The Morgan fingerprint density at radius 1 is 1.25 bits per heavy atom. The zero-order valence-electron chi connectivity index (χ0n) is 11.7. The number of hydrogen-bond acceptors (Lipinski definition) is 3. The maximum Gasteiger partial charge on any atom is 0.153 e. The Morgan fingerprint density at radius 2 is 2.05 bits per heavy atom. The predicted octanol–water partition coefficient (Wildman–Crippen LogP) is 2.65. The summed E-state index contributed by atoms with van der Waals surface area (Å²) in [7, 11) is 0. The van der Waals surface area contributed by atoms with Gasteiger partial charge in [-0.3, -0.25) is 5.10 Å². The van der Waals surface area contributed by atoms with E-state index in [-0.39, 0.29) is 6.04 Å². The molecule has 0 amide bonds. The molecule has 2 heterocycles. The molecule has 20 heavy (non-hydrogen) atoms. The molecule has 4 N–H and O–H groups in total. The van der Waals surface area contributed by atoms with Crippen LogP contribution in [0.25, 0.3) is 10.9 Å². The highest BCUT2D eigenvalue weighted by molar-refractivity contribution is 5.83. The Balaban J connectivity index is 1.82. The lowest BCUT2D eigenvalue weighted by Crippen LogP contribution is -2.15. The van der Waals surface area contributed by atoms with Crippen molar-refractivity contribution in [3.8, 4) is 0 Å². The quantitative estimate of drug-likeness (QED) is 0.681. The molecule has 0 saturated carbocycles. The molecule has 5 nitrogen and oxygen atoms in total. The second-order valence-corrected chi connectivity index (χ2v) is 5.40. The van der Waals surface area contributed by atoms with E-state index in [0.717, 1.165) is 23.6 Å². The van der Waals surface area contributed by atoms with Gasteiger partial charge in [-0.15, -0.1) is 0 Å². The lowest BCUT2D eigenvalue weighted by molar-refractivity contribution is 0.672. The SMILES string of the molecule is CC(C)c1n[nH]c([C@@H](N)Cc2c[nH]c3ccccc23)n1. The third kappa shape index (κ3) is 2.32. The molecule has 0 saturated heterocycles. The van der Waals surface area contributed by atoms with E-state index in [9.17, 15) is 0 Å². The molecule has 0 radical (unpaired) electrons. The third-order valence-corrected chi connectivity index (χ3v) is 3.50. The van der Waals surface area contributed by atoms with E-state index < -0.39 is 0 Å². The van der Waals surface area contributed by atoms with E-state index in [1.54, 1.807) is 0 Å². The van der Waals surface area contributed by atoms with Gasteiger partial charge in [0, 0.05) is 23.0 Å². The number of aromatic amines is 2. The summed E-state index contributed by atoms with van der Waals surface area (Å²) in [6.07, 6.45) is 2.75. The van der Waals surface area contributed by atoms with Gasteiger partial charge >= 0.3 is 0 Å². The summed E-state index contributed by atoms with van der Waals surface area (Å²) in [5, 5.41) is 8.37. The normalized spacial score (nSPS) is 13.2.